The van der Waals surface area contributed by atoms with Crippen LogP contribution in [-0.2, 0) is 4.79 Å². The van der Waals surface area contributed by atoms with Gasteiger partial charge < -0.3 is 10.0 Å². The van der Waals surface area contributed by atoms with Crippen LogP contribution in [0.5, 0.6) is 0 Å². The van der Waals surface area contributed by atoms with Crippen LogP contribution in [0.25, 0.3) is 0 Å². The minimum absolute atomic E-state index is 0.130. The average Bonchev–Trinajstić information content (AvgIpc) is 2.89. The normalized spacial score (nSPS) is 50.7. The van der Waals surface area contributed by atoms with Gasteiger partial charge in [-0.15, -0.1) is 0 Å². The van der Waals surface area contributed by atoms with Crippen molar-refractivity contribution in [1.29, 1.82) is 0 Å². The van der Waals surface area contributed by atoms with Crippen molar-refractivity contribution in [3.8, 4) is 0 Å². The molecular weight excluding hydrogens is 322 g/mol. The SMILES string of the molecule is CC(=O)[C@@H]1[C@H]([NH+](C)C)C[C@H]2[C@H]3CC=C4C[C@@H](O)CC[C@]4(C)[C@@H]3CC[C@]12C. The number of aliphatic hydroxyl groups excluding tert-OH is 1. The summed E-state index contributed by atoms with van der Waals surface area (Å²) in [4.78, 5) is 14.1. The second-order valence-electron chi connectivity index (χ2n) is 10.7. The van der Waals surface area contributed by atoms with E-state index in [0.29, 0.717) is 17.7 Å². The minimum Gasteiger partial charge on any atom is -0.393 e. The topological polar surface area (TPSA) is 41.7 Å². The summed E-state index contributed by atoms with van der Waals surface area (Å²) < 4.78 is 0. The first-order chi connectivity index (χ1) is 12.2. The highest BCUT2D eigenvalue weighted by Crippen LogP contribution is 2.66. The van der Waals surface area contributed by atoms with Crippen LogP contribution in [-0.4, -0.2) is 37.1 Å². The Hall–Kier alpha value is -0.670. The second-order valence-corrected chi connectivity index (χ2v) is 10.7. The monoisotopic (exact) mass is 360 g/mol. The summed E-state index contributed by atoms with van der Waals surface area (Å²) in [5.41, 5.74) is 2.01. The van der Waals surface area contributed by atoms with Crippen LogP contribution in [0.1, 0.15) is 65.7 Å². The standard InChI is InChI=1S/C23H37NO2/c1-14(25)21-20(24(4)5)13-19-17-7-6-15-12-16(26)8-10-22(15,2)18(17)9-11-23(19,21)3/h6,16-21,26H,7-13H2,1-5H3/p+1/t16-,17-,18+,19-,20+,21+,22-,23-/m0/s1. The molecule has 0 bridgehead atoms. The molecular formula is C23H38NO2+. The summed E-state index contributed by atoms with van der Waals surface area (Å²) in [5, 5.41) is 10.2. The van der Waals surface area contributed by atoms with Gasteiger partial charge in [-0.2, -0.15) is 0 Å². The van der Waals surface area contributed by atoms with Gasteiger partial charge in [0.25, 0.3) is 0 Å². The number of aliphatic hydroxyl groups is 1. The van der Waals surface area contributed by atoms with Crippen LogP contribution in [0.3, 0.4) is 0 Å². The fraction of sp³-hybridized carbons (Fsp3) is 0.870. The van der Waals surface area contributed by atoms with E-state index in [1.165, 1.54) is 36.2 Å². The van der Waals surface area contributed by atoms with E-state index in [2.05, 4.69) is 34.0 Å². The van der Waals surface area contributed by atoms with Crippen molar-refractivity contribution in [3.05, 3.63) is 11.6 Å². The predicted octanol–water partition coefficient (Wildman–Crippen LogP) is 2.64. The number of allylic oxidation sites excluding steroid dienone is 1. The first kappa shape index (κ1) is 18.7. The van der Waals surface area contributed by atoms with Crippen LogP contribution < -0.4 is 4.90 Å². The van der Waals surface area contributed by atoms with Gasteiger partial charge in [0.05, 0.1) is 32.2 Å². The number of fused-ring (bicyclic) bond motifs is 5. The molecule has 146 valence electrons. The van der Waals surface area contributed by atoms with Gasteiger partial charge in [0.15, 0.2) is 0 Å². The zero-order valence-electron chi connectivity index (χ0n) is 17.3. The molecule has 4 aliphatic rings. The maximum atomic E-state index is 12.7. The molecule has 0 aliphatic heterocycles. The lowest BCUT2D eigenvalue weighted by molar-refractivity contribution is -0.888. The fourth-order valence-electron chi connectivity index (χ4n) is 8.01. The molecule has 0 spiro atoms. The molecule has 0 aromatic heterocycles. The number of nitrogens with one attached hydrogen (secondary N) is 1. The van der Waals surface area contributed by atoms with E-state index in [1.54, 1.807) is 0 Å². The molecule has 0 aromatic carbocycles. The van der Waals surface area contributed by atoms with Gasteiger partial charge in [-0.3, -0.25) is 4.79 Å². The molecule has 3 saturated carbocycles. The third-order valence-corrected chi connectivity index (χ3v) is 9.32. The number of hydrogen-bond donors (Lipinski definition) is 2. The molecule has 4 aliphatic carbocycles. The Bertz CT molecular complexity index is 626. The van der Waals surface area contributed by atoms with Crippen LogP contribution in [0.4, 0.5) is 0 Å². The number of hydrogen-bond acceptors (Lipinski definition) is 2. The van der Waals surface area contributed by atoms with Crippen LogP contribution in [0.2, 0.25) is 0 Å². The van der Waals surface area contributed by atoms with E-state index < -0.39 is 0 Å². The Labute approximate surface area is 159 Å². The fourth-order valence-corrected chi connectivity index (χ4v) is 8.01. The number of Topliss-reactive ketones (excluding diaryl/α,β-unsaturated/α-hetero) is 1. The molecule has 26 heavy (non-hydrogen) atoms. The summed E-state index contributed by atoms with van der Waals surface area (Å²) in [6.45, 7) is 6.76. The highest BCUT2D eigenvalue weighted by atomic mass is 16.3. The Balaban J connectivity index is 1.69. The van der Waals surface area contributed by atoms with Crippen molar-refractivity contribution in [3.63, 3.8) is 0 Å². The summed E-state index contributed by atoms with van der Waals surface area (Å²) in [6, 6.07) is 0.479. The van der Waals surface area contributed by atoms with Crippen molar-refractivity contribution in [2.45, 2.75) is 77.9 Å². The van der Waals surface area contributed by atoms with Gasteiger partial charge in [0.1, 0.15) is 5.78 Å². The van der Waals surface area contributed by atoms with Gasteiger partial charge >= 0.3 is 0 Å². The minimum atomic E-state index is -0.130. The van der Waals surface area contributed by atoms with Gasteiger partial charge in [0, 0.05) is 6.42 Å². The lowest BCUT2D eigenvalue weighted by Crippen LogP contribution is -3.10. The molecule has 2 N–H and O–H groups in total. The van der Waals surface area contributed by atoms with E-state index in [0.717, 1.165) is 31.1 Å². The maximum absolute atomic E-state index is 12.7. The van der Waals surface area contributed by atoms with E-state index in [9.17, 15) is 9.90 Å². The third-order valence-electron chi connectivity index (χ3n) is 9.32. The average molecular weight is 361 g/mol. The molecule has 0 radical (unpaired) electrons. The third kappa shape index (κ3) is 2.49. The van der Waals surface area contributed by atoms with Crippen molar-refractivity contribution < 1.29 is 14.8 Å². The van der Waals surface area contributed by atoms with Crippen molar-refractivity contribution in [2.24, 2.45) is 34.5 Å². The van der Waals surface area contributed by atoms with Crippen LogP contribution >= 0.6 is 0 Å². The first-order valence-electron chi connectivity index (χ1n) is 10.9. The highest BCUT2D eigenvalue weighted by molar-refractivity contribution is 5.80. The van der Waals surface area contributed by atoms with Gasteiger partial charge in [-0.25, -0.2) is 0 Å². The molecule has 0 aromatic rings. The van der Waals surface area contributed by atoms with Crippen molar-refractivity contribution >= 4 is 5.78 Å². The molecule has 3 heteroatoms. The molecule has 0 amide bonds. The summed E-state index contributed by atoms with van der Waals surface area (Å²) in [6.07, 6.45) is 10.2. The number of carbonyl (C=O) groups excluding carboxylic acids is 1. The quantitative estimate of drug-likeness (QED) is 0.744. The maximum Gasteiger partial charge on any atom is 0.139 e. The summed E-state index contributed by atoms with van der Waals surface area (Å²) in [7, 11) is 4.48. The van der Waals surface area contributed by atoms with E-state index in [1.807, 2.05) is 6.92 Å². The van der Waals surface area contributed by atoms with Gasteiger partial charge in [0.2, 0.25) is 0 Å². The lowest BCUT2D eigenvalue weighted by Gasteiger charge is -2.57. The van der Waals surface area contributed by atoms with E-state index >= 15 is 0 Å². The Morgan fingerprint density at radius 1 is 1.19 bits per heavy atom. The zero-order valence-corrected chi connectivity index (χ0v) is 17.3. The number of rotatable bonds is 2. The Kier molecular flexibility index (Phi) is 4.43. The van der Waals surface area contributed by atoms with E-state index in [-0.39, 0.29) is 22.9 Å². The zero-order chi connectivity index (χ0) is 18.9. The summed E-state index contributed by atoms with van der Waals surface area (Å²) >= 11 is 0. The molecule has 0 unspecified atom stereocenters. The number of carbonyl (C=O) groups is 1. The van der Waals surface area contributed by atoms with Crippen LogP contribution in [0.15, 0.2) is 11.6 Å². The summed E-state index contributed by atoms with van der Waals surface area (Å²) in [5.74, 6) is 2.79. The number of ketones is 1. The molecule has 0 saturated heterocycles. The second kappa shape index (κ2) is 6.17. The Morgan fingerprint density at radius 2 is 1.92 bits per heavy atom. The molecule has 3 fully saturated rings. The predicted molar refractivity (Wildman–Crippen MR) is 104 cm³/mol. The van der Waals surface area contributed by atoms with Crippen molar-refractivity contribution in [1.82, 2.24) is 0 Å². The van der Waals surface area contributed by atoms with Gasteiger partial charge in [-0.05, 0) is 74.0 Å². The molecule has 3 nitrogen and oxygen atoms in total. The highest BCUT2D eigenvalue weighted by Gasteiger charge is 2.63. The van der Waals surface area contributed by atoms with E-state index in [4.69, 9.17) is 0 Å². The lowest BCUT2D eigenvalue weighted by atomic mass is 9.47. The molecule has 4 rings (SSSR count). The molecule has 8 atom stereocenters. The molecule has 0 heterocycles. The van der Waals surface area contributed by atoms with Gasteiger partial charge in [-0.1, -0.05) is 25.5 Å². The van der Waals surface area contributed by atoms with Crippen molar-refractivity contribution in [2.75, 3.05) is 14.1 Å². The van der Waals surface area contributed by atoms with Crippen LogP contribution in [0, 0.1) is 34.5 Å². The number of quaternary nitrogens is 1. The first-order valence-corrected chi connectivity index (χ1v) is 10.9. The smallest absolute Gasteiger partial charge is 0.139 e. The Morgan fingerprint density at radius 3 is 2.58 bits per heavy atom. The largest absolute Gasteiger partial charge is 0.393 e.